The van der Waals surface area contributed by atoms with Crippen molar-refractivity contribution in [3.8, 4) is 0 Å². The largest absolute Gasteiger partial charge is 0.351 e. The van der Waals surface area contributed by atoms with Crippen LogP contribution in [0.1, 0.15) is 26.2 Å². The van der Waals surface area contributed by atoms with Gasteiger partial charge in [-0.2, -0.15) is 0 Å². The van der Waals surface area contributed by atoms with Gasteiger partial charge in [-0.05, 0) is 25.0 Å². The van der Waals surface area contributed by atoms with Crippen molar-refractivity contribution >= 4 is 23.3 Å². The number of piperazine rings is 1. The van der Waals surface area contributed by atoms with Crippen LogP contribution in [0.2, 0.25) is 5.15 Å². The molecule has 0 unspecified atom stereocenters. The number of anilines is 1. The van der Waals surface area contributed by atoms with Gasteiger partial charge in [0.15, 0.2) is 11.0 Å². The molecule has 0 N–H and O–H groups in total. The van der Waals surface area contributed by atoms with E-state index >= 15 is 0 Å². The summed E-state index contributed by atoms with van der Waals surface area (Å²) in [6, 6.07) is 4.30. The Bertz CT molecular complexity index is 464. The highest BCUT2D eigenvalue weighted by Gasteiger charge is 2.42. The lowest BCUT2D eigenvalue weighted by molar-refractivity contribution is -0.134. The summed E-state index contributed by atoms with van der Waals surface area (Å²) in [7, 11) is 0. The lowest BCUT2D eigenvalue weighted by Gasteiger charge is -2.41. The van der Waals surface area contributed by atoms with E-state index < -0.39 is 0 Å². The zero-order valence-corrected chi connectivity index (χ0v) is 11.7. The Labute approximate surface area is 117 Å². The summed E-state index contributed by atoms with van der Waals surface area (Å²) in [6.07, 6.45) is 2.77. The molecule has 2 aliphatic heterocycles. The van der Waals surface area contributed by atoms with Crippen molar-refractivity contribution in [3.63, 3.8) is 0 Å². The molecule has 2 fully saturated rings. The molecule has 3 rings (SSSR count). The van der Waals surface area contributed by atoms with Crippen molar-refractivity contribution in [1.29, 1.82) is 0 Å². The van der Waals surface area contributed by atoms with E-state index in [2.05, 4.69) is 20.0 Å². The molecule has 6 heteroatoms. The summed E-state index contributed by atoms with van der Waals surface area (Å²) in [5.41, 5.74) is 0. The number of rotatable bonds is 2. The molecule has 1 amide bonds. The van der Waals surface area contributed by atoms with Crippen LogP contribution in [0.25, 0.3) is 0 Å². The summed E-state index contributed by atoms with van der Waals surface area (Å²) in [6.45, 7) is 3.62. The molecule has 5 nitrogen and oxygen atoms in total. The van der Waals surface area contributed by atoms with E-state index in [1.165, 1.54) is 0 Å². The van der Waals surface area contributed by atoms with Crippen molar-refractivity contribution in [2.45, 2.75) is 38.3 Å². The first kappa shape index (κ1) is 12.7. The van der Waals surface area contributed by atoms with Gasteiger partial charge in [-0.25, -0.2) is 0 Å². The van der Waals surface area contributed by atoms with Crippen LogP contribution in [0.15, 0.2) is 12.1 Å². The third-order valence-electron chi connectivity index (χ3n) is 4.01. The fraction of sp³-hybridized carbons (Fsp3) is 0.615. The Kier molecular flexibility index (Phi) is 3.31. The summed E-state index contributed by atoms with van der Waals surface area (Å²) in [5, 5.41) is 8.43. The van der Waals surface area contributed by atoms with Gasteiger partial charge in [-0.3, -0.25) is 4.79 Å². The number of hydrogen-bond acceptors (Lipinski definition) is 4. The Morgan fingerprint density at radius 2 is 2.00 bits per heavy atom. The number of carbonyl (C=O) groups excluding carboxylic acids is 1. The maximum atomic E-state index is 12.0. The minimum absolute atomic E-state index is 0.273. The van der Waals surface area contributed by atoms with Gasteiger partial charge in [0.2, 0.25) is 5.91 Å². The monoisotopic (exact) mass is 280 g/mol. The number of halogens is 1. The normalized spacial score (nSPS) is 25.8. The van der Waals surface area contributed by atoms with E-state index in [1.807, 2.05) is 13.0 Å². The van der Waals surface area contributed by atoms with Crippen molar-refractivity contribution in [1.82, 2.24) is 15.1 Å². The highest BCUT2D eigenvalue weighted by Crippen LogP contribution is 2.32. The first-order valence-electron chi connectivity index (χ1n) is 6.74. The maximum Gasteiger partial charge on any atom is 0.222 e. The molecule has 19 heavy (non-hydrogen) atoms. The van der Waals surface area contributed by atoms with Gasteiger partial charge >= 0.3 is 0 Å². The van der Waals surface area contributed by atoms with E-state index in [0.717, 1.165) is 31.7 Å². The molecule has 0 aliphatic carbocycles. The molecular formula is C13H17ClN4O. The van der Waals surface area contributed by atoms with Gasteiger partial charge in [0.05, 0.1) is 0 Å². The standard InChI is InChI=1S/C13H17ClN4O/c1-2-13(19)18-9-3-4-10(18)8-17(7-9)12-6-5-11(14)15-16-12/h5-6,9-10H,2-4,7-8H2,1H3/t9-,10+. The van der Waals surface area contributed by atoms with E-state index in [-0.39, 0.29) is 5.91 Å². The summed E-state index contributed by atoms with van der Waals surface area (Å²) in [5.74, 6) is 1.12. The van der Waals surface area contributed by atoms with Crippen LogP contribution in [0.3, 0.4) is 0 Å². The fourth-order valence-electron chi connectivity index (χ4n) is 3.16. The second kappa shape index (κ2) is 4.96. The molecule has 2 aliphatic rings. The second-order valence-corrected chi connectivity index (χ2v) is 5.55. The van der Waals surface area contributed by atoms with Crippen LogP contribution in [-0.4, -0.2) is 46.2 Å². The third kappa shape index (κ3) is 2.27. The number of amides is 1. The molecule has 2 saturated heterocycles. The van der Waals surface area contributed by atoms with Gasteiger partial charge in [-0.1, -0.05) is 18.5 Å². The van der Waals surface area contributed by atoms with Gasteiger partial charge in [-0.15, -0.1) is 10.2 Å². The smallest absolute Gasteiger partial charge is 0.222 e. The van der Waals surface area contributed by atoms with Crippen LogP contribution in [0.4, 0.5) is 5.82 Å². The molecule has 1 aromatic heterocycles. The molecule has 2 bridgehead atoms. The highest BCUT2D eigenvalue weighted by molar-refractivity contribution is 6.29. The van der Waals surface area contributed by atoms with Gasteiger partial charge in [0.25, 0.3) is 0 Å². The molecule has 0 saturated carbocycles. The lowest BCUT2D eigenvalue weighted by atomic mass is 10.1. The molecule has 0 spiro atoms. The van der Waals surface area contributed by atoms with E-state index in [9.17, 15) is 4.79 Å². The zero-order valence-electron chi connectivity index (χ0n) is 10.9. The molecule has 102 valence electrons. The van der Waals surface area contributed by atoms with E-state index in [1.54, 1.807) is 6.07 Å². The Balaban J connectivity index is 1.77. The van der Waals surface area contributed by atoms with Gasteiger partial charge < -0.3 is 9.80 Å². The van der Waals surface area contributed by atoms with Gasteiger partial charge in [0, 0.05) is 31.6 Å². The number of hydrogen-bond donors (Lipinski definition) is 0. The van der Waals surface area contributed by atoms with Crippen LogP contribution < -0.4 is 4.90 Å². The first-order valence-corrected chi connectivity index (χ1v) is 7.12. The summed E-state index contributed by atoms with van der Waals surface area (Å²) in [4.78, 5) is 16.3. The second-order valence-electron chi connectivity index (χ2n) is 5.16. The van der Waals surface area contributed by atoms with Gasteiger partial charge in [0.1, 0.15) is 0 Å². The highest BCUT2D eigenvalue weighted by atomic mass is 35.5. The molecule has 0 aromatic carbocycles. The number of carbonyl (C=O) groups is 1. The number of fused-ring (bicyclic) bond motifs is 2. The number of nitrogens with zero attached hydrogens (tertiary/aromatic N) is 4. The molecule has 3 heterocycles. The van der Waals surface area contributed by atoms with Crippen molar-refractivity contribution in [3.05, 3.63) is 17.3 Å². The Morgan fingerprint density at radius 1 is 1.32 bits per heavy atom. The zero-order chi connectivity index (χ0) is 13.4. The predicted molar refractivity (Wildman–Crippen MR) is 73.2 cm³/mol. The van der Waals surface area contributed by atoms with Crippen LogP contribution in [0.5, 0.6) is 0 Å². The topological polar surface area (TPSA) is 49.3 Å². The molecule has 0 radical (unpaired) electrons. The predicted octanol–water partition coefficient (Wildman–Crippen LogP) is 1.72. The van der Waals surface area contributed by atoms with E-state index in [4.69, 9.17) is 11.6 Å². The van der Waals surface area contributed by atoms with E-state index in [0.29, 0.717) is 23.7 Å². The van der Waals surface area contributed by atoms with Crippen LogP contribution in [-0.2, 0) is 4.79 Å². The summed E-state index contributed by atoms with van der Waals surface area (Å²) < 4.78 is 0. The van der Waals surface area contributed by atoms with Crippen LogP contribution >= 0.6 is 11.6 Å². The lowest BCUT2D eigenvalue weighted by Crippen LogP contribution is -2.56. The molecule has 2 atom stereocenters. The Morgan fingerprint density at radius 3 is 2.53 bits per heavy atom. The number of aromatic nitrogens is 2. The molecular weight excluding hydrogens is 264 g/mol. The minimum atomic E-state index is 0.273. The average molecular weight is 281 g/mol. The summed E-state index contributed by atoms with van der Waals surface area (Å²) >= 11 is 5.76. The SMILES string of the molecule is CCC(=O)N1[C@@H]2CC[C@H]1CN(c1ccc(Cl)nn1)C2. The minimum Gasteiger partial charge on any atom is -0.351 e. The molecule has 1 aromatic rings. The first-order chi connectivity index (χ1) is 9.19. The van der Waals surface area contributed by atoms with Crippen molar-refractivity contribution in [2.24, 2.45) is 0 Å². The average Bonchev–Trinajstić information content (AvgIpc) is 2.69. The fourth-order valence-corrected chi connectivity index (χ4v) is 3.26. The Hall–Kier alpha value is -1.36. The third-order valence-corrected chi connectivity index (χ3v) is 4.22. The van der Waals surface area contributed by atoms with Crippen LogP contribution in [0, 0.1) is 0 Å². The quantitative estimate of drug-likeness (QED) is 0.828. The van der Waals surface area contributed by atoms with Crippen molar-refractivity contribution in [2.75, 3.05) is 18.0 Å². The maximum absolute atomic E-state index is 12.0. The van der Waals surface area contributed by atoms with Crippen molar-refractivity contribution < 1.29 is 4.79 Å².